The second-order valence-corrected chi connectivity index (χ2v) is 7.49. The summed E-state index contributed by atoms with van der Waals surface area (Å²) >= 11 is 6.17. The van der Waals surface area contributed by atoms with Gasteiger partial charge in [0.25, 0.3) is 5.91 Å². The van der Waals surface area contributed by atoms with Crippen LogP contribution in [0.15, 0.2) is 54.7 Å². The molecule has 0 saturated heterocycles. The third-order valence-electron chi connectivity index (χ3n) is 4.90. The highest BCUT2D eigenvalue weighted by molar-refractivity contribution is 6.33. The average molecular weight is 485 g/mol. The fourth-order valence-corrected chi connectivity index (χ4v) is 3.39. The molecule has 0 aliphatic heterocycles. The number of nitriles is 1. The summed E-state index contributed by atoms with van der Waals surface area (Å²) < 4.78 is 33.7. The van der Waals surface area contributed by atoms with Crippen LogP contribution < -0.4 is 15.4 Å². The van der Waals surface area contributed by atoms with Gasteiger partial charge in [-0.1, -0.05) is 29.8 Å². The Morgan fingerprint density at radius 1 is 1.18 bits per heavy atom. The smallest absolute Gasteiger partial charge is 0.253 e. The zero-order valence-electron chi connectivity index (χ0n) is 17.9. The number of hydrogen-bond donors (Lipinski definition) is 2. The van der Waals surface area contributed by atoms with Crippen LogP contribution in [0.3, 0.4) is 0 Å². The van der Waals surface area contributed by atoms with E-state index in [0.717, 1.165) is 12.1 Å². The standard InChI is InChI=1S/C24H19ClF2N4O3/c1-34-15-10-19(26)17(20(27)11-15)12-22(24(33)29-9-8-28)31-23(32)14-6-7-21(30-13-14)16-4-2-3-5-18(16)25/h2-7,10-11,13,22H,9,12H2,1H3,(H,29,33)(H,31,32)/t22-/m0/s1. The number of nitrogens with zero attached hydrogens (tertiary/aromatic N) is 2. The zero-order chi connectivity index (χ0) is 24.7. The van der Waals surface area contributed by atoms with Crippen molar-refractivity contribution in [3.63, 3.8) is 0 Å². The number of pyridine rings is 1. The Morgan fingerprint density at radius 3 is 2.47 bits per heavy atom. The minimum absolute atomic E-state index is 0.0297. The molecule has 2 aromatic carbocycles. The van der Waals surface area contributed by atoms with Gasteiger partial charge in [-0.05, 0) is 18.2 Å². The van der Waals surface area contributed by atoms with Gasteiger partial charge in [0.2, 0.25) is 5.91 Å². The Morgan fingerprint density at radius 2 is 1.88 bits per heavy atom. The topological polar surface area (TPSA) is 104 Å². The summed E-state index contributed by atoms with van der Waals surface area (Å²) in [5, 5.41) is 14.0. The summed E-state index contributed by atoms with van der Waals surface area (Å²) in [5.41, 5.74) is 0.915. The van der Waals surface area contributed by atoms with Crippen molar-refractivity contribution in [3.05, 3.63) is 82.5 Å². The number of rotatable bonds is 8. The second-order valence-electron chi connectivity index (χ2n) is 7.09. The molecule has 34 heavy (non-hydrogen) atoms. The molecule has 3 rings (SSSR count). The Balaban J connectivity index is 1.82. The Kier molecular flexibility index (Phi) is 8.11. The highest BCUT2D eigenvalue weighted by Gasteiger charge is 2.25. The molecule has 0 bridgehead atoms. The van der Waals surface area contributed by atoms with Crippen molar-refractivity contribution < 1.29 is 23.1 Å². The fraction of sp³-hybridized carbons (Fsp3) is 0.167. The molecular formula is C24H19ClF2N4O3. The first-order valence-electron chi connectivity index (χ1n) is 10.0. The molecule has 0 aliphatic rings. The van der Waals surface area contributed by atoms with Crippen LogP contribution >= 0.6 is 11.6 Å². The van der Waals surface area contributed by atoms with E-state index >= 15 is 0 Å². The predicted octanol–water partition coefficient (Wildman–Crippen LogP) is 3.67. The van der Waals surface area contributed by atoms with Crippen LogP contribution in [0.2, 0.25) is 5.02 Å². The molecule has 0 unspecified atom stereocenters. The molecular weight excluding hydrogens is 466 g/mol. The van der Waals surface area contributed by atoms with Gasteiger partial charge >= 0.3 is 0 Å². The van der Waals surface area contributed by atoms with Crippen molar-refractivity contribution in [3.8, 4) is 23.1 Å². The minimum Gasteiger partial charge on any atom is -0.497 e. The van der Waals surface area contributed by atoms with Crippen molar-refractivity contribution >= 4 is 23.4 Å². The van der Waals surface area contributed by atoms with Crippen molar-refractivity contribution in [2.24, 2.45) is 0 Å². The van der Waals surface area contributed by atoms with Crippen molar-refractivity contribution in [1.82, 2.24) is 15.6 Å². The lowest BCUT2D eigenvalue weighted by molar-refractivity contribution is -0.122. The summed E-state index contributed by atoms with van der Waals surface area (Å²) in [5.74, 6) is -3.36. The van der Waals surface area contributed by atoms with Crippen molar-refractivity contribution in [1.29, 1.82) is 5.26 Å². The number of nitrogens with one attached hydrogen (secondary N) is 2. The average Bonchev–Trinajstić information content (AvgIpc) is 2.84. The third-order valence-corrected chi connectivity index (χ3v) is 5.23. The maximum atomic E-state index is 14.4. The van der Waals surface area contributed by atoms with E-state index in [-0.39, 0.29) is 17.9 Å². The zero-order valence-corrected chi connectivity index (χ0v) is 18.7. The van der Waals surface area contributed by atoms with Crippen LogP contribution in [0.1, 0.15) is 15.9 Å². The number of hydrogen-bond acceptors (Lipinski definition) is 5. The van der Waals surface area contributed by atoms with Crippen LogP contribution in [0.25, 0.3) is 11.3 Å². The summed E-state index contributed by atoms with van der Waals surface area (Å²) in [4.78, 5) is 29.5. The van der Waals surface area contributed by atoms with Gasteiger partial charge in [-0.2, -0.15) is 5.26 Å². The molecule has 1 aromatic heterocycles. The maximum absolute atomic E-state index is 14.4. The Hall–Kier alpha value is -4.03. The van der Waals surface area contributed by atoms with Crippen molar-refractivity contribution in [2.75, 3.05) is 13.7 Å². The molecule has 0 fully saturated rings. The van der Waals surface area contributed by atoms with E-state index in [0.29, 0.717) is 16.3 Å². The van der Waals surface area contributed by atoms with Gasteiger partial charge in [0, 0.05) is 40.9 Å². The molecule has 1 heterocycles. The number of carbonyl (C=O) groups is 2. The number of aromatic nitrogens is 1. The van der Waals surface area contributed by atoms with Gasteiger partial charge in [-0.25, -0.2) is 8.78 Å². The maximum Gasteiger partial charge on any atom is 0.253 e. The molecule has 0 radical (unpaired) electrons. The van der Waals surface area contributed by atoms with Crippen LogP contribution in [-0.2, 0) is 11.2 Å². The normalized spacial score (nSPS) is 11.3. The molecule has 0 aliphatic carbocycles. The Labute approximate surface area is 199 Å². The van der Waals surface area contributed by atoms with Crippen LogP contribution in [0.4, 0.5) is 8.78 Å². The van der Waals surface area contributed by atoms with E-state index in [1.54, 1.807) is 36.4 Å². The number of ether oxygens (including phenoxy) is 1. The van der Waals surface area contributed by atoms with Gasteiger partial charge < -0.3 is 15.4 Å². The van der Waals surface area contributed by atoms with E-state index in [2.05, 4.69) is 15.6 Å². The van der Waals surface area contributed by atoms with Crippen LogP contribution in [0, 0.1) is 23.0 Å². The quantitative estimate of drug-likeness (QED) is 0.475. The molecule has 2 N–H and O–H groups in total. The molecule has 2 amide bonds. The summed E-state index contributed by atoms with van der Waals surface area (Å²) in [6.45, 7) is -0.340. The molecule has 0 saturated carbocycles. The monoisotopic (exact) mass is 484 g/mol. The number of benzene rings is 2. The van der Waals surface area contributed by atoms with E-state index < -0.39 is 41.5 Å². The van der Waals surface area contributed by atoms with Gasteiger partial charge in [-0.3, -0.25) is 14.6 Å². The largest absolute Gasteiger partial charge is 0.497 e. The number of carbonyl (C=O) groups excluding carboxylic acids is 2. The van der Waals surface area contributed by atoms with E-state index in [1.165, 1.54) is 19.4 Å². The van der Waals surface area contributed by atoms with Gasteiger partial charge in [0.15, 0.2) is 0 Å². The van der Waals surface area contributed by atoms with E-state index in [9.17, 15) is 18.4 Å². The first-order valence-corrected chi connectivity index (χ1v) is 10.4. The van der Waals surface area contributed by atoms with Gasteiger partial charge in [-0.15, -0.1) is 0 Å². The third kappa shape index (κ3) is 5.85. The van der Waals surface area contributed by atoms with Crippen LogP contribution in [0.5, 0.6) is 5.75 Å². The first-order chi connectivity index (χ1) is 16.3. The Bertz CT molecular complexity index is 1220. The lowest BCUT2D eigenvalue weighted by Gasteiger charge is -2.19. The molecule has 7 nitrogen and oxygen atoms in total. The number of halogens is 3. The van der Waals surface area contributed by atoms with Gasteiger partial charge in [0.1, 0.15) is 30.0 Å². The number of amides is 2. The molecule has 3 aromatic rings. The molecule has 0 spiro atoms. The SMILES string of the molecule is COc1cc(F)c(C[C@H](NC(=O)c2ccc(-c3ccccc3Cl)nc2)C(=O)NCC#N)c(F)c1. The highest BCUT2D eigenvalue weighted by atomic mass is 35.5. The minimum atomic E-state index is -1.36. The fourth-order valence-electron chi connectivity index (χ4n) is 3.15. The highest BCUT2D eigenvalue weighted by Crippen LogP contribution is 2.26. The van der Waals surface area contributed by atoms with E-state index in [4.69, 9.17) is 21.6 Å². The van der Waals surface area contributed by atoms with Gasteiger partial charge in [0.05, 0.1) is 24.4 Å². The van der Waals surface area contributed by atoms with E-state index in [1.807, 2.05) is 0 Å². The summed E-state index contributed by atoms with van der Waals surface area (Å²) in [7, 11) is 1.26. The summed E-state index contributed by atoms with van der Waals surface area (Å²) in [6, 6.07) is 12.5. The molecule has 174 valence electrons. The second kappa shape index (κ2) is 11.2. The number of methoxy groups -OCH3 is 1. The molecule has 1 atom stereocenters. The van der Waals surface area contributed by atoms with Crippen LogP contribution in [-0.4, -0.2) is 36.5 Å². The van der Waals surface area contributed by atoms with Crippen molar-refractivity contribution in [2.45, 2.75) is 12.5 Å². The summed E-state index contributed by atoms with van der Waals surface area (Å²) in [6.07, 6.45) is 0.808. The first kappa shape index (κ1) is 24.6. The molecule has 10 heteroatoms. The lowest BCUT2D eigenvalue weighted by atomic mass is 10.0. The predicted molar refractivity (Wildman–Crippen MR) is 121 cm³/mol. The lowest BCUT2D eigenvalue weighted by Crippen LogP contribution is -2.48.